The molecule has 10 rings (SSSR count). The number of H-pyrrole nitrogens is 2. The molecule has 0 radical (unpaired) electrons. The van der Waals surface area contributed by atoms with Crippen molar-refractivity contribution in [3.8, 4) is 11.8 Å². The molecule has 3 saturated heterocycles. The van der Waals surface area contributed by atoms with E-state index in [1.165, 1.54) is 7.11 Å². The molecule has 15 heteroatoms. The number of likely N-dealkylation sites (tertiary alicyclic amines) is 2. The Bertz CT molecular complexity index is 2620. The van der Waals surface area contributed by atoms with Crippen LogP contribution in [0.1, 0.15) is 87.2 Å². The molecule has 15 nitrogen and oxygen atoms in total. The van der Waals surface area contributed by atoms with E-state index in [1.54, 1.807) is 0 Å². The van der Waals surface area contributed by atoms with Gasteiger partial charge in [-0.15, -0.1) is 0 Å². The van der Waals surface area contributed by atoms with Crippen molar-refractivity contribution in [1.29, 1.82) is 0 Å². The first kappa shape index (κ1) is 38.1. The van der Waals surface area contributed by atoms with E-state index >= 15 is 0 Å². The summed E-state index contributed by atoms with van der Waals surface area (Å²) in [6.45, 7) is 4.86. The molecule has 0 bridgehead atoms. The number of carbonyl (C=O) groups is 4. The van der Waals surface area contributed by atoms with Crippen molar-refractivity contribution in [3.05, 3.63) is 71.3 Å². The number of alkyl carbamates (subject to hydrolysis) is 1. The highest BCUT2D eigenvalue weighted by molar-refractivity contribution is 6.04. The van der Waals surface area contributed by atoms with Crippen LogP contribution in [0.15, 0.2) is 48.5 Å². The van der Waals surface area contributed by atoms with Crippen LogP contribution < -0.4 is 10.6 Å². The molecule has 3 aromatic carbocycles. The van der Waals surface area contributed by atoms with Gasteiger partial charge in [-0.05, 0) is 104 Å². The summed E-state index contributed by atoms with van der Waals surface area (Å²) in [4.78, 5) is 72.6. The van der Waals surface area contributed by atoms with Gasteiger partial charge in [0.2, 0.25) is 11.8 Å². The monoisotopic (exact) mass is 812 g/mol. The summed E-state index contributed by atoms with van der Waals surface area (Å²) in [5, 5.41) is 16.9. The standard InChI is InChI=1S/C45H48N8O7/c1-22(2)37(51-45(58)59-3)42(54)52-33-18-27(33)20-35(52)40-46-30-10-7-24(17-32(30)48-40)5-4-23-6-9-29-26(16-23)8-11-31-39(29)49-41(47-31)36-21-28-19-34(28)53(36)43(55)38(50-44(56)57)25-12-14-60-15-13-25/h6-11,16-17,22,25,27-28,33-38,50H,12-15,18-21H2,1-3H3,(H,46,48)(H,47,49)(H,51,58)(H,56,57)/t27-,28+,33+,34+,35-,36-,37-,38-/m0/s1. The molecular weight excluding hydrogens is 765 g/mol. The number of aromatic nitrogens is 4. The smallest absolute Gasteiger partial charge is 0.407 e. The molecule has 310 valence electrons. The second-order valence-electron chi connectivity index (χ2n) is 17.5. The Kier molecular flexibility index (Phi) is 9.42. The van der Waals surface area contributed by atoms with Gasteiger partial charge in [-0.3, -0.25) is 9.59 Å². The van der Waals surface area contributed by atoms with Crippen LogP contribution in [0, 0.1) is 35.5 Å². The molecule has 5 aliphatic rings. The van der Waals surface area contributed by atoms with Crippen LogP contribution in [-0.4, -0.2) is 103 Å². The van der Waals surface area contributed by atoms with Gasteiger partial charge in [0.25, 0.3) is 0 Å². The number of nitrogens with zero attached hydrogens (tertiary/aromatic N) is 4. The lowest BCUT2D eigenvalue weighted by molar-refractivity contribution is -0.138. The lowest BCUT2D eigenvalue weighted by Gasteiger charge is -2.35. The fourth-order valence-electron chi connectivity index (χ4n) is 10.1. The summed E-state index contributed by atoms with van der Waals surface area (Å²) in [5.74, 6) is 8.39. The van der Waals surface area contributed by atoms with Gasteiger partial charge in [-0.2, -0.15) is 0 Å². The highest BCUT2D eigenvalue weighted by Crippen LogP contribution is 2.55. The summed E-state index contributed by atoms with van der Waals surface area (Å²) < 4.78 is 10.3. The number of methoxy groups -OCH3 is 1. The van der Waals surface area contributed by atoms with Crippen LogP contribution in [0.2, 0.25) is 0 Å². The van der Waals surface area contributed by atoms with Crippen LogP contribution in [0.25, 0.3) is 32.8 Å². The van der Waals surface area contributed by atoms with Gasteiger partial charge in [-0.25, -0.2) is 19.6 Å². The normalized spacial score (nSPS) is 25.4. The lowest BCUT2D eigenvalue weighted by atomic mass is 9.90. The molecule has 2 aliphatic carbocycles. The second-order valence-corrected chi connectivity index (χ2v) is 17.5. The molecular formula is C45H48N8O7. The van der Waals surface area contributed by atoms with E-state index < -0.39 is 24.3 Å². The maximum Gasteiger partial charge on any atom is 0.407 e. The number of carbonyl (C=O) groups excluding carboxylic acids is 3. The van der Waals surface area contributed by atoms with Crippen LogP contribution in [0.5, 0.6) is 0 Å². The maximum atomic E-state index is 14.1. The van der Waals surface area contributed by atoms with E-state index in [-0.39, 0.29) is 47.8 Å². The van der Waals surface area contributed by atoms with Crippen LogP contribution >= 0.6 is 0 Å². The van der Waals surface area contributed by atoms with Crippen LogP contribution in [0.3, 0.4) is 0 Å². The van der Waals surface area contributed by atoms with Crippen molar-refractivity contribution in [2.75, 3.05) is 20.3 Å². The first-order valence-corrected chi connectivity index (χ1v) is 21.0. The van der Waals surface area contributed by atoms with Crippen molar-refractivity contribution < 1.29 is 33.8 Å². The topological polar surface area (TPSA) is 195 Å². The van der Waals surface area contributed by atoms with E-state index in [0.29, 0.717) is 37.9 Å². The molecule has 5 N–H and O–H groups in total. The highest BCUT2D eigenvalue weighted by Gasteiger charge is 2.57. The molecule has 5 aromatic rings. The van der Waals surface area contributed by atoms with Gasteiger partial charge in [0.05, 0.1) is 41.3 Å². The number of fused-ring (bicyclic) bond motifs is 6. The Balaban J connectivity index is 0.872. The molecule has 8 atom stereocenters. The van der Waals surface area contributed by atoms with Crippen LogP contribution in [0.4, 0.5) is 9.59 Å². The number of amides is 4. The summed E-state index contributed by atoms with van der Waals surface area (Å²) >= 11 is 0. The molecule has 4 amide bonds. The number of hydrogen-bond acceptors (Lipinski definition) is 8. The number of hydrogen-bond donors (Lipinski definition) is 5. The Morgan fingerprint density at radius 3 is 2.15 bits per heavy atom. The third kappa shape index (κ3) is 6.86. The molecule has 5 heterocycles. The number of carboxylic acid groups (broad SMARTS) is 1. The molecule has 3 aliphatic heterocycles. The van der Waals surface area contributed by atoms with Crippen molar-refractivity contribution in [1.82, 2.24) is 40.4 Å². The van der Waals surface area contributed by atoms with Crippen LogP contribution in [-0.2, 0) is 19.1 Å². The van der Waals surface area contributed by atoms with E-state index in [1.807, 2.05) is 66.1 Å². The average Bonchev–Trinajstić information content (AvgIpc) is 3.90. The number of rotatable bonds is 8. The van der Waals surface area contributed by atoms with Crippen molar-refractivity contribution in [2.45, 2.75) is 88.6 Å². The Hall–Kier alpha value is -6.14. The van der Waals surface area contributed by atoms with E-state index in [9.17, 15) is 24.3 Å². The first-order valence-electron chi connectivity index (χ1n) is 21.0. The summed E-state index contributed by atoms with van der Waals surface area (Å²) in [5.41, 5.74) is 4.99. The minimum atomic E-state index is -1.19. The van der Waals surface area contributed by atoms with E-state index in [4.69, 9.17) is 19.4 Å². The fraction of sp³-hybridized carbons (Fsp3) is 0.467. The summed E-state index contributed by atoms with van der Waals surface area (Å²) in [7, 11) is 1.30. The third-order valence-electron chi connectivity index (χ3n) is 13.4. The van der Waals surface area contributed by atoms with Crippen molar-refractivity contribution >= 4 is 56.8 Å². The summed E-state index contributed by atoms with van der Waals surface area (Å²) in [6, 6.07) is 14.3. The van der Waals surface area contributed by atoms with Gasteiger partial charge in [0.15, 0.2) is 0 Å². The molecule has 0 spiro atoms. The zero-order valence-corrected chi connectivity index (χ0v) is 33.7. The number of nitrogens with one attached hydrogen (secondary N) is 4. The molecule has 2 saturated carbocycles. The number of benzene rings is 3. The lowest BCUT2D eigenvalue weighted by Crippen LogP contribution is -2.53. The van der Waals surface area contributed by atoms with Gasteiger partial charge in [0, 0.05) is 41.8 Å². The predicted octanol–water partition coefficient (Wildman–Crippen LogP) is 5.76. The SMILES string of the molecule is COC(=O)N[C@H](C(=O)N1[C@@H]2C[C@H]2C[C@H]1c1nc2cc(C#Cc3ccc4c(ccc5nc([C@@H]6C[C@H]7C[C@H]7N6C(=O)[C@@H](NC(=O)O)C6CCOCC6)[nH]c54)c3)ccc2[nH]1)C(C)C. The molecule has 2 aromatic heterocycles. The Labute approximate surface area is 346 Å². The second kappa shape index (κ2) is 14.8. The molecule has 60 heavy (non-hydrogen) atoms. The number of piperidine rings is 2. The zero-order chi connectivity index (χ0) is 41.4. The van der Waals surface area contributed by atoms with Crippen molar-refractivity contribution in [2.24, 2.45) is 23.7 Å². The van der Waals surface area contributed by atoms with E-state index in [2.05, 4.69) is 38.5 Å². The summed E-state index contributed by atoms with van der Waals surface area (Å²) in [6.07, 6.45) is 2.96. The zero-order valence-electron chi connectivity index (χ0n) is 33.7. The first-order chi connectivity index (χ1) is 29.0. The third-order valence-corrected chi connectivity index (χ3v) is 13.4. The van der Waals surface area contributed by atoms with Gasteiger partial charge in [-0.1, -0.05) is 37.8 Å². The van der Waals surface area contributed by atoms with Gasteiger partial charge < -0.3 is 45.0 Å². The highest BCUT2D eigenvalue weighted by atomic mass is 16.5. The van der Waals surface area contributed by atoms with Gasteiger partial charge in [0.1, 0.15) is 23.7 Å². The minimum Gasteiger partial charge on any atom is -0.465 e. The number of aromatic amines is 2. The Morgan fingerprint density at radius 1 is 0.817 bits per heavy atom. The maximum absolute atomic E-state index is 14.1. The number of ether oxygens (including phenoxy) is 2. The predicted molar refractivity (Wildman–Crippen MR) is 221 cm³/mol. The fourth-order valence-corrected chi connectivity index (χ4v) is 10.1. The number of imidazole rings is 2. The Morgan fingerprint density at radius 2 is 1.47 bits per heavy atom. The molecule has 5 fully saturated rings. The van der Waals surface area contributed by atoms with Crippen molar-refractivity contribution in [3.63, 3.8) is 0 Å². The average molecular weight is 813 g/mol. The largest absolute Gasteiger partial charge is 0.465 e. The quantitative estimate of drug-likeness (QED) is 0.121. The van der Waals surface area contributed by atoms with Gasteiger partial charge >= 0.3 is 12.2 Å². The molecule has 0 unspecified atom stereocenters. The van der Waals surface area contributed by atoms with E-state index in [0.717, 1.165) is 81.3 Å². The minimum absolute atomic E-state index is 0.0991.